The first-order chi connectivity index (χ1) is 5.99. The topological polar surface area (TPSA) is 66.6 Å². The second-order valence-corrected chi connectivity index (χ2v) is 3.41. The summed E-state index contributed by atoms with van der Waals surface area (Å²) in [5.41, 5.74) is 5.57. The molecule has 0 fully saturated rings. The van der Waals surface area contributed by atoms with Crippen molar-refractivity contribution in [2.45, 2.75) is 38.8 Å². The van der Waals surface area contributed by atoms with Crippen LogP contribution in [0.1, 0.15) is 26.7 Å². The van der Waals surface area contributed by atoms with E-state index in [4.69, 9.17) is 10.8 Å². The molecule has 1 amide bonds. The second-order valence-electron chi connectivity index (χ2n) is 3.41. The monoisotopic (exact) mass is 188 g/mol. The number of hydrogen-bond acceptors (Lipinski definition) is 3. The van der Waals surface area contributed by atoms with Crippen LogP contribution in [0.15, 0.2) is 0 Å². The third-order valence-electron chi connectivity index (χ3n) is 2.02. The van der Waals surface area contributed by atoms with Gasteiger partial charge >= 0.3 is 0 Å². The number of aliphatic hydroxyl groups is 1. The Balaban J connectivity index is 3.82. The number of nitrogens with zero attached hydrogens (tertiary/aromatic N) is 1. The zero-order chi connectivity index (χ0) is 10.4. The van der Waals surface area contributed by atoms with Crippen molar-refractivity contribution in [2.24, 2.45) is 5.73 Å². The molecule has 78 valence electrons. The Morgan fingerprint density at radius 3 is 2.54 bits per heavy atom. The Morgan fingerprint density at radius 1 is 1.62 bits per heavy atom. The zero-order valence-electron chi connectivity index (χ0n) is 8.66. The summed E-state index contributed by atoms with van der Waals surface area (Å²) in [6.07, 6.45) is 0.879. The Labute approximate surface area is 79.7 Å². The van der Waals surface area contributed by atoms with Crippen LogP contribution >= 0.6 is 0 Å². The molecular formula is C9H20N2O2. The lowest BCUT2D eigenvalue weighted by molar-refractivity contribution is -0.131. The number of rotatable bonds is 5. The van der Waals surface area contributed by atoms with Crippen molar-refractivity contribution in [3.05, 3.63) is 0 Å². The summed E-state index contributed by atoms with van der Waals surface area (Å²) in [5.74, 6) is -0.0526. The fourth-order valence-corrected chi connectivity index (χ4v) is 0.948. The van der Waals surface area contributed by atoms with Gasteiger partial charge < -0.3 is 15.7 Å². The van der Waals surface area contributed by atoms with E-state index in [1.165, 1.54) is 0 Å². The lowest BCUT2D eigenvalue weighted by atomic mass is 10.2. The van der Waals surface area contributed by atoms with E-state index in [1.54, 1.807) is 18.9 Å². The average Bonchev–Trinajstić information content (AvgIpc) is 2.11. The van der Waals surface area contributed by atoms with Crippen molar-refractivity contribution in [1.82, 2.24) is 4.90 Å². The minimum Gasteiger partial charge on any atom is -0.393 e. The first-order valence-corrected chi connectivity index (χ1v) is 4.67. The minimum absolute atomic E-state index is 0.0526. The predicted octanol–water partition coefficient (Wildman–Crippen LogP) is -0.0470. The highest BCUT2D eigenvalue weighted by Gasteiger charge is 2.15. The molecule has 2 atom stereocenters. The minimum atomic E-state index is -0.404. The number of likely N-dealkylation sites (N-methyl/N-ethyl adjacent to an activating group) is 1. The van der Waals surface area contributed by atoms with Gasteiger partial charge in [-0.2, -0.15) is 0 Å². The van der Waals surface area contributed by atoms with E-state index in [1.807, 2.05) is 6.92 Å². The molecule has 4 heteroatoms. The zero-order valence-corrected chi connectivity index (χ0v) is 8.66. The van der Waals surface area contributed by atoms with E-state index < -0.39 is 6.04 Å². The van der Waals surface area contributed by atoms with Gasteiger partial charge in [0.1, 0.15) is 0 Å². The quantitative estimate of drug-likeness (QED) is 0.636. The van der Waals surface area contributed by atoms with Crippen LogP contribution in [0.3, 0.4) is 0 Å². The van der Waals surface area contributed by atoms with Crippen LogP contribution in [0.5, 0.6) is 0 Å². The fraction of sp³-hybridized carbons (Fsp3) is 0.889. The predicted molar refractivity (Wildman–Crippen MR) is 52.2 cm³/mol. The highest BCUT2D eigenvalue weighted by molar-refractivity contribution is 5.81. The van der Waals surface area contributed by atoms with E-state index in [9.17, 15) is 4.79 Å². The number of nitrogens with two attached hydrogens (primary N) is 1. The third kappa shape index (κ3) is 4.85. The van der Waals surface area contributed by atoms with E-state index >= 15 is 0 Å². The van der Waals surface area contributed by atoms with E-state index in [-0.39, 0.29) is 12.0 Å². The lowest BCUT2D eigenvalue weighted by Gasteiger charge is -2.21. The molecule has 0 aliphatic carbocycles. The van der Waals surface area contributed by atoms with Crippen molar-refractivity contribution < 1.29 is 9.90 Å². The molecule has 0 aromatic carbocycles. The summed E-state index contributed by atoms with van der Waals surface area (Å²) < 4.78 is 0. The molecule has 0 rings (SSSR count). The van der Waals surface area contributed by atoms with Gasteiger partial charge in [-0.1, -0.05) is 6.92 Å². The van der Waals surface area contributed by atoms with Gasteiger partial charge in [0.25, 0.3) is 0 Å². The van der Waals surface area contributed by atoms with Crippen LogP contribution in [0.25, 0.3) is 0 Å². The molecule has 0 spiro atoms. The van der Waals surface area contributed by atoms with Gasteiger partial charge in [-0.25, -0.2) is 0 Å². The van der Waals surface area contributed by atoms with Crippen molar-refractivity contribution >= 4 is 5.91 Å². The van der Waals surface area contributed by atoms with Crippen LogP contribution in [0.4, 0.5) is 0 Å². The lowest BCUT2D eigenvalue weighted by Crippen LogP contribution is -2.42. The van der Waals surface area contributed by atoms with Crippen LogP contribution in [0, 0.1) is 0 Å². The Morgan fingerprint density at radius 2 is 2.15 bits per heavy atom. The summed E-state index contributed by atoms with van der Waals surface area (Å²) in [6, 6.07) is -0.404. The highest BCUT2D eigenvalue weighted by atomic mass is 16.3. The van der Waals surface area contributed by atoms with Gasteiger partial charge in [-0.15, -0.1) is 0 Å². The number of aliphatic hydroxyl groups excluding tert-OH is 1. The molecule has 0 aromatic heterocycles. The number of hydrogen-bond donors (Lipinski definition) is 2. The third-order valence-corrected chi connectivity index (χ3v) is 2.02. The number of carbonyl (C=O) groups excluding carboxylic acids is 1. The molecule has 0 bridgehead atoms. The molecular weight excluding hydrogens is 168 g/mol. The highest BCUT2D eigenvalue weighted by Crippen LogP contribution is 1.97. The van der Waals surface area contributed by atoms with Crippen LogP contribution in [-0.2, 0) is 4.79 Å². The molecule has 13 heavy (non-hydrogen) atoms. The molecule has 4 nitrogen and oxygen atoms in total. The maximum absolute atomic E-state index is 11.4. The summed E-state index contributed by atoms with van der Waals surface area (Å²) in [7, 11) is 1.71. The normalized spacial score (nSPS) is 15.2. The molecule has 0 aromatic rings. The summed E-state index contributed by atoms with van der Waals surface area (Å²) in [5, 5.41) is 9.01. The molecule has 0 saturated heterocycles. The summed E-state index contributed by atoms with van der Waals surface area (Å²) >= 11 is 0. The fourth-order valence-electron chi connectivity index (χ4n) is 0.948. The molecule has 1 unspecified atom stereocenters. The molecule has 0 saturated carbocycles. The van der Waals surface area contributed by atoms with Crippen molar-refractivity contribution in [3.63, 3.8) is 0 Å². The number of carbonyl (C=O) groups is 1. The van der Waals surface area contributed by atoms with Gasteiger partial charge in [0, 0.05) is 13.6 Å². The van der Waals surface area contributed by atoms with Gasteiger partial charge in [-0.05, 0) is 19.8 Å². The Hall–Kier alpha value is -0.610. The van der Waals surface area contributed by atoms with E-state index in [0.29, 0.717) is 19.4 Å². The first-order valence-electron chi connectivity index (χ1n) is 4.67. The van der Waals surface area contributed by atoms with Crippen molar-refractivity contribution in [1.29, 1.82) is 0 Å². The SMILES string of the molecule is CC[C@H](N)C(=O)N(C)CCC(C)O. The van der Waals surface area contributed by atoms with Gasteiger partial charge in [-0.3, -0.25) is 4.79 Å². The largest absolute Gasteiger partial charge is 0.393 e. The Bertz CT molecular complexity index is 160. The average molecular weight is 188 g/mol. The van der Waals surface area contributed by atoms with E-state index in [2.05, 4.69) is 0 Å². The van der Waals surface area contributed by atoms with Crippen LogP contribution in [0.2, 0.25) is 0 Å². The van der Waals surface area contributed by atoms with Crippen molar-refractivity contribution in [2.75, 3.05) is 13.6 Å². The Kier molecular flexibility index (Phi) is 5.66. The van der Waals surface area contributed by atoms with Crippen LogP contribution < -0.4 is 5.73 Å². The van der Waals surface area contributed by atoms with Gasteiger partial charge in [0.2, 0.25) is 5.91 Å². The van der Waals surface area contributed by atoms with Crippen molar-refractivity contribution in [3.8, 4) is 0 Å². The molecule has 3 N–H and O–H groups in total. The van der Waals surface area contributed by atoms with Gasteiger partial charge in [0.15, 0.2) is 0 Å². The molecule has 0 radical (unpaired) electrons. The standard InChI is InChI=1S/C9H20N2O2/c1-4-8(10)9(13)11(3)6-5-7(2)12/h7-8,12H,4-6,10H2,1-3H3/t7?,8-/m0/s1. The van der Waals surface area contributed by atoms with Gasteiger partial charge in [0.05, 0.1) is 12.1 Å². The second kappa shape index (κ2) is 5.94. The smallest absolute Gasteiger partial charge is 0.239 e. The van der Waals surface area contributed by atoms with Crippen LogP contribution in [-0.4, -0.2) is 41.7 Å². The van der Waals surface area contributed by atoms with E-state index in [0.717, 1.165) is 0 Å². The maximum atomic E-state index is 11.4. The number of amides is 1. The first kappa shape index (κ1) is 12.4. The molecule has 0 aliphatic heterocycles. The molecule has 0 heterocycles. The summed E-state index contributed by atoms with van der Waals surface area (Å²) in [4.78, 5) is 13.0. The molecule has 0 aliphatic rings. The summed E-state index contributed by atoms with van der Waals surface area (Å²) in [6.45, 7) is 4.15. The maximum Gasteiger partial charge on any atom is 0.239 e.